The molecule has 2 saturated heterocycles. The zero-order valence-electron chi connectivity index (χ0n) is 15.4. The van der Waals surface area contributed by atoms with Crippen molar-refractivity contribution in [2.75, 3.05) is 13.1 Å². The van der Waals surface area contributed by atoms with Crippen molar-refractivity contribution >= 4 is 5.91 Å². The number of hydrogen-bond donors (Lipinski definition) is 0. The van der Waals surface area contributed by atoms with Crippen LogP contribution in [0.3, 0.4) is 0 Å². The lowest BCUT2D eigenvalue weighted by Crippen LogP contribution is -2.44. The largest absolute Gasteiger partial charge is 0.416 e. The van der Waals surface area contributed by atoms with Gasteiger partial charge in [0.15, 0.2) is 0 Å². The highest BCUT2D eigenvalue weighted by molar-refractivity contribution is 5.74. The molecular weight excluding hydrogens is 386 g/mol. The molecule has 0 aliphatic carbocycles. The quantitative estimate of drug-likeness (QED) is 0.663. The zero-order chi connectivity index (χ0) is 20.7. The van der Waals surface area contributed by atoms with Crippen LogP contribution in [0.1, 0.15) is 49.3 Å². The summed E-state index contributed by atoms with van der Waals surface area (Å²) in [6.45, 7) is 2.64. The molecule has 9 heteroatoms. The van der Waals surface area contributed by atoms with Gasteiger partial charge in [-0.15, -0.1) is 0 Å². The van der Waals surface area contributed by atoms with Gasteiger partial charge in [0.2, 0.25) is 5.91 Å². The van der Waals surface area contributed by atoms with Crippen LogP contribution >= 0.6 is 0 Å². The van der Waals surface area contributed by atoms with Crippen molar-refractivity contribution in [2.45, 2.75) is 63.6 Å². The van der Waals surface area contributed by atoms with Crippen LogP contribution in [0.2, 0.25) is 0 Å². The highest BCUT2D eigenvalue weighted by Gasteiger charge is 2.41. The minimum atomic E-state index is -4.85. The average molecular weight is 408 g/mol. The maximum absolute atomic E-state index is 13.1. The number of alkyl halides is 6. The molecule has 2 atom stereocenters. The molecule has 3 nitrogen and oxygen atoms in total. The molecule has 156 valence electrons. The van der Waals surface area contributed by atoms with Gasteiger partial charge in [0.1, 0.15) is 0 Å². The monoisotopic (exact) mass is 408 g/mol. The Balaban J connectivity index is 1.90. The molecule has 0 N–H and O–H groups in total. The number of hydrogen-bond acceptors (Lipinski definition) is 2. The summed E-state index contributed by atoms with van der Waals surface area (Å²) in [4.78, 5) is 15.6. The van der Waals surface area contributed by atoms with Crippen LogP contribution in [0.15, 0.2) is 18.2 Å². The number of benzene rings is 1. The summed E-state index contributed by atoms with van der Waals surface area (Å²) < 4.78 is 78.7. The van der Waals surface area contributed by atoms with Gasteiger partial charge >= 0.3 is 12.4 Å². The molecular formula is C19H22F6N2O. The highest BCUT2D eigenvalue weighted by Crippen LogP contribution is 2.37. The van der Waals surface area contributed by atoms with E-state index in [-0.39, 0.29) is 36.2 Å². The molecule has 0 saturated carbocycles. The van der Waals surface area contributed by atoms with E-state index in [0.717, 1.165) is 31.4 Å². The van der Waals surface area contributed by atoms with Crippen LogP contribution in [0.25, 0.3) is 0 Å². The maximum atomic E-state index is 13.1. The molecule has 2 fully saturated rings. The van der Waals surface area contributed by atoms with Crippen LogP contribution in [-0.4, -0.2) is 40.9 Å². The van der Waals surface area contributed by atoms with Gasteiger partial charge in [-0.3, -0.25) is 9.69 Å². The standard InChI is InChI=1S/C19H22F6N2O/c1-12(28)27-7-5-16-17(27)4-2-3-6-26(16)11-13-8-14(18(20,21)22)10-15(9-13)19(23,24)25/h8-10,16-17H,2-7,11H2,1H3. The molecule has 1 aromatic carbocycles. The first kappa shape index (κ1) is 21.0. The molecule has 0 bridgehead atoms. The van der Waals surface area contributed by atoms with E-state index in [1.54, 1.807) is 4.90 Å². The zero-order valence-corrected chi connectivity index (χ0v) is 15.4. The smallest absolute Gasteiger partial charge is 0.338 e. The van der Waals surface area contributed by atoms with Crippen LogP contribution in [0.5, 0.6) is 0 Å². The van der Waals surface area contributed by atoms with Crippen LogP contribution < -0.4 is 0 Å². The van der Waals surface area contributed by atoms with E-state index in [4.69, 9.17) is 0 Å². The van der Waals surface area contributed by atoms with Crippen LogP contribution in [-0.2, 0) is 23.7 Å². The Morgan fingerprint density at radius 2 is 1.54 bits per heavy atom. The Morgan fingerprint density at radius 1 is 0.929 bits per heavy atom. The van der Waals surface area contributed by atoms with Gasteiger partial charge in [-0.2, -0.15) is 26.3 Å². The number of fused-ring (bicyclic) bond motifs is 1. The van der Waals surface area contributed by atoms with E-state index >= 15 is 0 Å². The van der Waals surface area contributed by atoms with Gasteiger partial charge < -0.3 is 4.90 Å². The highest BCUT2D eigenvalue weighted by atomic mass is 19.4. The fraction of sp³-hybridized carbons (Fsp3) is 0.632. The van der Waals surface area contributed by atoms with E-state index in [1.807, 2.05) is 4.90 Å². The number of likely N-dealkylation sites (tertiary alicyclic amines) is 2. The Morgan fingerprint density at radius 3 is 2.07 bits per heavy atom. The Hall–Kier alpha value is -1.77. The van der Waals surface area contributed by atoms with Crippen molar-refractivity contribution in [3.05, 3.63) is 34.9 Å². The van der Waals surface area contributed by atoms with Crippen molar-refractivity contribution in [1.29, 1.82) is 0 Å². The third-order valence-corrected chi connectivity index (χ3v) is 5.61. The number of rotatable bonds is 2. The van der Waals surface area contributed by atoms with E-state index in [2.05, 4.69) is 0 Å². The second kappa shape index (κ2) is 7.57. The van der Waals surface area contributed by atoms with Gasteiger partial charge in [0.05, 0.1) is 11.1 Å². The lowest BCUT2D eigenvalue weighted by Gasteiger charge is -2.33. The number of carbonyl (C=O) groups is 1. The predicted octanol–water partition coefficient (Wildman–Crippen LogP) is 4.70. The van der Waals surface area contributed by atoms with Gasteiger partial charge in [-0.1, -0.05) is 6.42 Å². The molecule has 2 aliphatic heterocycles. The third kappa shape index (κ3) is 4.45. The van der Waals surface area contributed by atoms with E-state index < -0.39 is 23.5 Å². The SMILES string of the molecule is CC(=O)N1CCC2C1CCCCN2Cc1cc(C(F)(F)F)cc(C(F)(F)F)c1. The van der Waals surface area contributed by atoms with E-state index in [1.165, 1.54) is 6.92 Å². The van der Waals surface area contributed by atoms with Crippen molar-refractivity contribution in [2.24, 2.45) is 0 Å². The van der Waals surface area contributed by atoms with Crippen molar-refractivity contribution in [3.63, 3.8) is 0 Å². The number of amides is 1. The average Bonchev–Trinajstić information content (AvgIpc) is 2.90. The lowest BCUT2D eigenvalue weighted by molar-refractivity contribution is -0.143. The number of halogens is 6. The third-order valence-electron chi connectivity index (χ3n) is 5.61. The normalized spacial score (nSPS) is 24.2. The summed E-state index contributed by atoms with van der Waals surface area (Å²) >= 11 is 0. The molecule has 0 radical (unpaired) electrons. The van der Waals surface area contributed by atoms with Crippen LogP contribution in [0.4, 0.5) is 26.3 Å². The predicted molar refractivity (Wildman–Crippen MR) is 90.3 cm³/mol. The first-order valence-electron chi connectivity index (χ1n) is 9.26. The molecule has 1 aromatic rings. The van der Waals surface area contributed by atoms with Crippen molar-refractivity contribution < 1.29 is 31.1 Å². The number of nitrogens with zero attached hydrogens (tertiary/aromatic N) is 2. The van der Waals surface area contributed by atoms with E-state index in [9.17, 15) is 31.1 Å². The van der Waals surface area contributed by atoms with Gasteiger partial charge in [0, 0.05) is 32.1 Å². The molecule has 0 aromatic heterocycles. The number of carbonyl (C=O) groups excluding carboxylic acids is 1. The van der Waals surface area contributed by atoms with E-state index in [0.29, 0.717) is 19.5 Å². The maximum Gasteiger partial charge on any atom is 0.416 e. The first-order valence-corrected chi connectivity index (χ1v) is 9.26. The molecule has 2 heterocycles. The Labute approximate surface area is 159 Å². The summed E-state index contributed by atoms with van der Waals surface area (Å²) in [5.74, 6) is -0.0484. The summed E-state index contributed by atoms with van der Waals surface area (Å²) in [6.07, 6.45) is -6.56. The fourth-order valence-electron chi connectivity index (χ4n) is 4.38. The Kier molecular flexibility index (Phi) is 5.67. The summed E-state index contributed by atoms with van der Waals surface area (Å²) in [5, 5.41) is 0. The molecule has 1 amide bonds. The van der Waals surface area contributed by atoms with Gasteiger partial charge in [-0.05, 0) is 49.6 Å². The molecule has 0 spiro atoms. The van der Waals surface area contributed by atoms with Crippen molar-refractivity contribution in [1.82, 2.24) is 9.80 Å². The Bertz CT molecular complexity index is 698. The van der Waals surface area contributed by atoms with Crippen molar-refractivity contribution in [3.8, 4) is 0 Å². The minimum Gasteiger partial charge on any atom is -0.338 e. The molecule has 28 heavy (non-hydrogen) atoms. The summed E-state index contributed by atoms with van der Waals surface area (Å²) in [6, 6.07) is 1.67. The second-order valence-corrected chi connectivity index (χ2v) is 7.52. The summed E-state index contributed by atoms with van der Waals surface area (Å²) in [5.41, 5.74) is -2.59. The summed E-state index contributed by atoms with van der Waals surface area (Å²) in [7, 11) is 0. The minimum absolute atomic E-state index is 0.0000879. The second-order valence-electron chi connectivity index (χ2n) is 7.52. The van der Waals surface area contributed by atoms with Crippen LogP contribution in [0, 0.1) is 0 Å². The molecule has 2 unspecified atom stereocenters. The van der Waals surface area contributed by atoms with Gasteiger partial charge in [-0.25, -0.2) is 0 Å². The molecule has 3 rings (SSSR count). The molecule has 2 aliphatic rings. The topological polar surface area (TPSA) is 23.6 Å². The lowest BCUT2D eigenvalue weighted by atomic mass is 10.0. The first-order chi connectivity index (χ1) is 13.0. The van der Waals surface area contributed by atoms with Gasteiger partial charge in [0.25, 0.3) is 0 Å². The fourth-order valence-corrected chi connectivity index (χ4v) is 4.38.